The third-order valence-electron chi connectivity index (χ3n) is 5.30. The number of halogens is 2. The third-order valence-corrected chi connectivity index (χ3v) is 5.61. The molecule has 34 heavy (non-hydrogen) atoms. The quantitative estimate of drug-likeness (QED) is 0.463. The Morgan fingerprint density at radius 1 is 1.18 bits per heavy atom. The minimum Gasteiger partial charge on any atom is -0.434 e. The van der Waals surface area contributed by atoms with Gasteiger partial charge in [0.15, 0.2) is 10.9 Å². The molecule has 0 saturated carbocycles. The number of para-hydroxylation sites is 1. The van der Waals surface area contributed by atoms with Crippen molar-refractivity contribution >= 4 is 34.7 Å². The summed E-state index contributed by atoms with van der Waals surface area (Å²) in [5, 5.41) is 9.99. The van der Waals surface area contributed by atoms with Crippen LogP contribution < -0.4 is 20.3 Å². The number of amides is 1. The van der Waals surface area contributed by atoms with Crippen LogP contribution in [0.4, 0.5) is 20.3 Å². The van der Waals surface area contributed by atoms with Gasteiger partial charge in [-0.05, 0) is 56.8 Å². The first kappa shape index (κ1) is 23.4. The maximum atomic E-state index is 13.5. The van der Waals surface area contributed by atoms with Crippen LogP contribution >= 0.6 is 12.2 Å². The summed E-state index contributed by atoms with van der Waals surface area (Å²) in [7, 11) is 0. The SMILES string of the molecule is CC1=C(C(=O)Nc2cc(C)on2)C(c2ccccc2OC(F)F)NC(=S)N1c1cccc(C)c1. The number of aromatic nitrogens is 1. The number of thiocarbonyl (C=S) groups is 1. The van der Waals surface area contributed by atoms with Gasteiger partial charge in [-0.3, -0.25) is 9.69 Å². The Bertz CT molecular complexity index is 1270. The van der Waals surface area contributed by atoms with Crippen LogP contribution in [-0.2, 0) is 4.79 Å². The lowest BCUT2D eigenvalue weighted by Gasteiger charge is -2.38. The van der Waals surface area contributed by atoms with E-state index in [1.165, 1.54) is 6.07 Å². The zero-order chi connectivity index (χ0) is 24.4. The van der Waals surface area contributed by atoms with Gasteiger partial charge in [0.1, 0.15) is 11.5 Å². The summed E-state index contributed by atoms with van der Waals surface area (Å²) in [6.07, 6.45) is 0. The number of allylic oxidation sites excluding steroid dienone is 1. The van der Waals surface area contributed by atoms with Crippen LogP contribution in [0.1, 0.15) is 29.9 Å². The van der Waals surface area contributed by atoms with E-state index < -0.39 is 18.6 Å². The molecule has 2 heterocycles. The van der Waals surface area contributed by atoms with E-state index in [1.807, 2.05) is 31.2 Å². The highest BCUT2D eigenvalue weighted by Gasteiger charge is 2.36. The molecule has 3 aromatic rings. The molecule has 0 aliphatic carbocycles. The van der Waals surface area contributed by atoms with Crippen molar-refractivity contribution in [3.8, 4) is 5.75 Å². The van der Waals surface area contributed by atoms with Crippen LogP contribution in [-0.4, -0.2) is 22.8 Å². The average molecular weight is 485 g/mol. The van der Waals surface area contributed by atoms with Crippen LogP contribution in [0.2, 0.25) is 0 Å². The summed E-state index contributed by atoms with van der Waals surface area (Å²) in [5.74, 6) is 0.207. The van der Waals surface area contributed by atoms with Crippen molar-refractivity contribution in [2.45, 2.75) is 33.4 Å². The second kappa shape index (κ2) is 9.60. The molecular formula is C24H22F2N4O3S. The Morgan fingerprint density at radius 3 is 2.62 bits per heavy atom. The molecule has 0 radical (unpaired) electrons. The number of anilines is 2. The van der Waals surface area contributed by atoms with E-state index in [2.05, 4.69) is 15.8 Å². The van der Waals surface area contributed by atoms with Crippen molar-refractivity contribution in [3.63, 3.8) is 0 Å². The molecule has 1 aromatic heterocycles. The summed E-state index contributed by atoms with van der Waals surface area (Å²) >= 11 is 5.64. The van der Waals surface area contributed by atoms with Crippen molar-refractivity contribution in [2.75, 3.05) is 10.2 Å². The molecule has 0 saturated heterocycles. The van der Waals surface area contributed by atoms with E-state index in [0.717, 1.165) is 11.3 Å². The summed E-state index contributed by atoms with van der Waals surface area (Å²) in [6.45, 7) is 2.38. The molecule has 0 bridgehead atoms. The Morgan fingerprint density at radius 2 is 1.94 bits per heavy atom. The number of nitrogens with one attached hydrogen (secondary N) is 2. The van der Waals surface area contributed by atoms with Gasteiger partial charge in [-0.1, -0.05) is 35.5 Å². The highest BCUT2D eigenvalue weighted by atomic mass is 32.1. The first-order valence-corrected chi connectivity index (χ1v) is 10.8. The highest BCUT2D eigenvalue weighted by molar-refractivity contribution is 7.80. The van der Waals surface area contributed by atoms with Crippen molar-refractivity contribution in [2.24, 2.45) is 0 Å². The van der Waals surface area contributed by atoms with Crippen LogP contribution in [0, 0.1) is 13.8 Å². The van der Waals surface area contributed by atoms with Crippen molar-refractivity contribution in [3.05, 3.63) is 82.8 Å². The van der Waals surface area contributed by atoms with Gasteiger partial charge in [0.2, 0.25) is 0 Å². The fraction of sp³-hybridized carbons (Fsp3) is 0.208. The van der Waals surface area contributed by atoms with E-state index in [0.29, 0.717) is 22.1 Å². The van der Waals surface area contributed by atoms with Crippen molar-refractivity contribution < 1.29 is 22.8 Å². The minimum absolute atomic E-state index is 0.0582. The molecule has 1 amide bonds. The van der Waals surface area contributed by atoms with E-state index in [4.69, 9.17) is 21.5 Å². The molecule has 7 nitrogen and oxygen atoms in total. The van der Waals surface area contributed by atoms with Crippen molar-refractivity contribution in [1.29, 1.82) is 0 Å². The van der Waals surface area contributed by atoms with E-state index >= 15 is 0 Å². The fourth-order valence-corrected chi connectivity index (χ4v) is 4.24. The predicted molar refractivity (Wildman–Crippen MR) is 128 cm³/mol. The maximum absolute atomic E-state index is 13.5. The second-order valence-electron chi connectivity index (χ2n) is 7.75. The highest BCUT2D eigenvalue weighted by Crippen LogP contribution is 2.38. The molecule has 4 rings (SSSR count). The number of benzene rings is 2. The third kappa shape index (κ3) is 4.76. The van der Waals surface area contributed by atoms with Gasteiger partial charge in [0, 0.05) is 23.0 Å². The summed E-state index contributed by atoms with van der Waals surface area (Å²) in [5.41, 5.74) is 2.91. The summed E-state index contributed by atoms with van der Waals surface area (Å²) < 4.78 is 36.0. The van der Waals surface area contributed by atoms with E-state index in [9.17, 15) is 13.6 Å². The van der Waals surface area contributed by atoms with Crippen molar-refractivity contribution in [1.82, 2.24) is 10.5 Å². The summed E-state index contributed by atoms with van der Waals surface area (Å²) in [6, 6.07) is 14.7. The molecule has 2 N–H and O–H groups in total. The number of hydrogen-bond donors (Lipinski definition) is 2. The van der Waals surface area contributed by atoms with Gasteiger partial charge in [0.05, 0.1) is 11.6 Å². The number of nitrogens with zero attached hydrogens (tertiary/aromatic N) is 2. The predicted octanol–water partition coefficient (Wildman–Crippen LogP) is 5.24. The topological polar surface area (TPSA) is 79.6 Å². The van der Waals surface area contributed by atoms with Crippen LogP contribution in [0.25, 0.3) is 0 Å². The molecule has 176 valence electrons. The first-order valence-electron chi connectivity index (χ1n) is 10.4. The lowest BCUT2D eigenvalue weighted by molar-refractivity contribution is -0.113. The Kier molecular flexibility index (Phi) is 6.60. The number of carbonyl (C=O) groups is 1. The van der Waals surface area contributed by atoms with E-state index in [-0.39, 0.29) is 17.1 Å². The Balaban J connectivity index is 1.84. The molecule has 0 spiro atoms. The fourth-order valence-electron chi connectivity index (χ4n) is 3.88. The first-order chi connectivity index (χ1) is 16.2. The maximum Gasteiger partial charge on any atom is 0.387 e. The zero-order valence-electron chi connectivity index (χ0n) is 18.6. The van der Waals surface area contributed by atoms with Gasteiger partial charge in [-0.2, -0.15) is 8.78 Å². The molecule has 10 heteroatoms. The Hall–Kier alpha value is -3.79. The summed E-state index contributed by atoms with van der Waals surface area (Å²) in [4.78, 5) is 15.2. The number of hydrogen-bond acceptors (Lipinski definition) is 5. The molecule has 0 fully saturated rings. The molecule has 1 atom stereocenters. The molecular weight excluding hydrogens is 462 g/mol. The van der Waals surface area contributed by atoms with Crippen LogP contribution in [0.5, 0.6) is 5.75 Å². The molecule has 1 aliphatic rings. The van der Waals surface area contributed by atoms with Gasteiger partial charge >= 0.3 is 6.61 Å². The van der Waals surface area contributed by atoms with Gasteiger partial charge < -0.3 is 19.9 Å². The molecule has 1 unspecified atom stereocenters. The van der Waals surface area contributed by atoms with Gasteiger partial charge in [-0.15, -0.1) is 0 Å². The smallest absolute Gasteiger partial charge is 0.387 e. The number of alkyl halides is 2. The Labute approximate surface area is 200 Å². The lowest BCUT2D eigenvalue weighted by atomic mass is 9.93. The van der Waals surface area contributed by atoms with Crippen LogP contribution in [0.15, 0.2) is 70.4 Å². The number of ether oxygens (including phenoxy) is 1. The monoisotopic (exact) mass is 484 g/mol. The number of carbonyl (C=O) groups excluding carboxylic acids is 1. The van der Waals surface area contributed by atoms with Crippen LogP contribution in [0.3, 0.4) is 0 Å². The standard InChI is InChI=1S/C24H22F2N4O3S/c1-13-7-6-8-16(11-13)30-15(3)20(22(31)27-19-12-14(2)33-29-19)21(28-24(30)34)17-9-4-5-10-18(17)32-23(25)26/h4-12,21,23H,1-3H3,(H,28,34)(H,27,29,31). The zero-order valence-corrected chi connectivity index (χ0v) is 19.5. The normalized spacial score (nSPS) is 16.0. The van der Waals surface area contributed by atoms with E-state index in [1.54, 1.807) is 43.0 Å². The number of rotatable bonds is 6. The molecule has 1 aliphatic heterocycles. The minimum atomic E-state index is -3.03. The largest absolute Gasteiger partial charge is 0.434 e. The average Bonchev–Trinajstić information content (AvgIpc) is 3.17. The van der Waals surface area contributed by atoms with Gasteiger partial charge in [-0.25, -0.2) is 0 Å². The van der Waals surface area contributed by atoms with Gasteiger partial charge in [0.25, 0.3) is 5.91 Å². The second-order valence-corrected chi connectivity index (χ2v) is 8.14. The number of aryl methyl sites for hydroxylation is 2. The molecule has 2 aromatic carbocycles. The lowest BCUT2D eigenvalue weighted by Crippen LogP contribution is -2.48.